The highest BCUT2D eigenvalue weighted by Crippen LogP contribution is 2.24. The van der Waals surface area contributed by atoms with Gasteiger partial charge in [0.25, 0.3) is 0 Å². The van der Waals surface area contributed by atoms with Gasteiger partial charge in [-0.05, 0) is 38.5 Å². The van der Waals surface area contributed by atoms with Crippen LogP contribution in [-0.4, -0.2) is 110 Å². The molecule has 0 spiro atoms. The van der Waals surface area contributed by atoms with Gasteiger partial charge in [-0.3, -0.25) is 4.79 Å². The highest BCUT2D eigenvalue weighted by molar-refractivity contribution is 5.80. The Bertz CT molecular complexity index is 1180. The number of allylic oxidation sites excluding steroid dienone is 2. The Hall–Kier alpha value is -1.15. The molecule has 9 atom stereocenters. The highest BCUT2D eigenvalue weighted by atomic mass is 16.7. The van der Waals surface area contributed by atoms with Gasteiger partial charge in [-0.1, -0.05) is 276 Å². The van der Waals surface area contributed by atoms with Crippen LogP contribution in [-0.2, 0) is 14.3 Å². The normalized spacial score (nSPS) is 20.0. The Morgan fingerprint density at radius 3 is 1.19 bits per heavy atom. The molecule has 1 saturated heterocycles. The van der Waals surface area contributed by atoms with Crippen molar-refractivity contribution in [3.63, 3.8) is 0 Å². The Morgan fingerprint density at radius 2 is 0.819 bits per heavy atom. The molecule has 0 aliphatic carbocycles. The second-order valence-corrected chi connectivity index (χ2v) is 22.1. The van der Waals surface area contributed by atoms with Crippen molar-refractivity contribution in [3.8, 4) is 0 Å². The molecule has 0 saturated carbocycles. The number of hydrogen-bond donors (Lipinski definition) is 8. The SMILES string of the molecule is CCCCCCCCCCCCCCCCCCCCCC/C=C/CCCC(O)C(O)C(COC1OC(CO)C(O)C(O)C1O)NC(=O)C(O)CCCCCCCCCCCCCCCCCCCCCC. The van der Waals surface area contributed by atoms with Crippen LogP contribution in [0.5, 0.6) is 0 Å². The molecule has 11 heteroatoms. The van der Waals surface area contributed by atoms with Crippen LogP contribution < -0.4 is 5.32 Å². The van der Waals surface area contributed by atoms with Crippen LogP contribution in [0.1, 0.15) is 303 Å². The zero-order valence-corrected chi connectivity index (χ0v) is 46.9. The van der Waals surface area contributed by atoms with Crippen molar-refractivity contribution in [2.75, 3.05) is 13.2 Å². The molecular weight excluding hydrogens is 907 g/mol. The van der Waals surface area contributed by atoms with Crippen molar-refractivity contribution in [1.82, 2.24) is 5.32 Å². The molecule has 1 fully saturated rings. The van der Waals surface area contributed by atoms with Gasteiger partial charge in [0.15, 0.2) is 6.29 Å². The number of hydrogen-bond acceptors (Lipinski definition) is 10. The molecule has 72 heavy (non-hydrogen) atoms. The van der Waals surface area contributed by atoms with Crippen LogP contribution in [0.2, 0.25) is 0 Å². The average Bonchev–Trinajstić information content (AvgIpc) is 3.38. The molecule has 1 amide bonds. The summed E-state index contributed by atoms with van der Waals surface area (Å²) < 4.78 is 11.2. The van der Waals surface area contributed by atoms with E-state index in [1.54, 1.807) is 0 Å². The molecule has 9 unspecified atom stereocenters. The first-order valence-electron chi connectivity index (χ1n) is 31.1. The largest absolute Gasteiger partial charge is 0.394 e. The number of nitrogens with one attached hydrogen (secondary N) is 1. The number of unbranched alkanes of at least 4 members (excludes halogenated alkanes) is 40. The van der Waals surface area contributed by atoms with E-state index in [2.05, 4.69) is 31.3 Å². The summed E-state index contributed by atoms with van der Waals surface area (Å²) in [6.07, 6.45) is 48.5. The third-order valence-electron chi connectivity index (χ3n) is 15.3. The Morgan fingerprint density at radius 1 is 0.472 bits per heavy atom. The third-order valence-corrected chi connectivity index (χ3v) is 15.3. The predicted molar refractivity (Wildman–Crippen MR) is 298 cm³/mol. The van der Waals surface area contributed by atoms with Gasteiger partial charge in [0.1, 0.15) is 36.6 Å². The fourth-order valence-corrected chi connectivity index (χ4v) is 10.3. The summed E-state index contributed by atoms with van der Waals surface area (Å²) in [5.74, 6) is -0.700. The molecule has 8 N–H and O–H groups in total. The molecule has 1 aliphatic rings. The molecule has 1 rings (SSSR count). The third kappa shape index (κ3) is 38.4. The zero-order valence-electron chi connectivity index (χ0n) is 46.9. The maximum absolute atomic E-state index is 13.2. The van der Waals surface area contributed by atoms with E-state index in [0.29, 0.717) is 12.8 Å². The first kappa shape index (κ1) is 68.9. The first-order valence-corrected chi connectivity index (χ1v) is 31.1. The summed E-state index contributed by atoms with van der Waals surface area (Å²) in [6.45, 7) is 3.49. The molecular formula is C61H119NO10. The molecule has 11 nitrogen and oxygen atoms in total. The van der Waals surface area contributed by atoms with E-state index in [1.807, 2.05) is 0 Å². The minimum atomic E-state index is -1.67. The Balaban J connectivity index is 2.28. The van der Waals surface area contributed by atoms with Crippen molar-refractivity contribution in [1.29, 1.82) is 0 Å². The lowest BCUT2D eigenvalue weighted by Crippen LogP contribution is -2.60. The van der Waals surface area contributed by atoms with Crippen molar-refractivity contribution >= 4 is 5.91 Å². The quantitative estimate of drug-likeness (QED) is 0.0215. The molecule has 428 valence electrons. The molecule has 1 heterocycles. The molecule has 0 aromatic rings. The number of rotatable bonds is 54. The summed E-state index contributed by atoms with van der Waals surface area (Å²) in [4.78, 5) is 13.2. The lowest BCUT2D eigenvalue weighted by molar-refractivity contribution is -0.303. The van der Waals surface area contributed by atoms with Crippen LogP contribution in [0.25, 0.3) is 0 Å². The summed E-state index contributed by atoms with van der Waals surface area (Å²) in [6, 6.07) is -1.18. The summed E-state index contributed by atoms with van der Waals surface area (Å²) in [7, 11) is 0. The Labute approximate surface area is 442 Å². The van der Waals surface area contributed by atoms with Gasteiger partial charge in [-0.2, -0.15) is 0 Å². The first-order chi connectivity index (χ1) is 35.2. The molecule has 0 bridgehead atoms. The second kappa shape index (κ2) is 50.7. The van der Waals surface area contributed by atoms with Gasteiger partial charge in [0, 0.05) is 0 Å². The van der Waals surface area contributed by atoms with Gasteiger partial charge >= 0.3 is 0 Å². The van der Waals surface area contributed by atoms with Crippen LogP contribution >= 0.6 is 0 Å². The van der Waals surface area contributed by atoms with Crippen LogP contribution in [0.3, 0.4) is 0 Å². The molecule has 1 aliphatic heterocycles. The standard InChI is InChI=1S/C61H119NO10/c1-3-5-7-9-11-13-15-17-19-21-23-25-26-27-28-29-31-32-34-36-38-40-42-44-46-48-53(64)56(66)52(51-71-61-59(69)58(68)57(67)55(50-63)72-61)62-60(70)54(65)49-47-45-43-41-39-37-35-33-30-24-22-20-18-16-14-12-10-8-6-4-2/h40,42,52-59,61,63-69H,3-39,41,43-51H2,1-2H3,(H,62,70)/b42-40+. The second-order valence-electron chi connectivity index (χ2n) is 22.1. The Kier molecular flexibility index (Phi) is 48.4. The van der Waals surface area contributed by atoms with Gasteiger partial charge in [0.2, 0.25) is 5.91 Å². The lowest BCUT2D eigenvalue weighted by Gasteiger charge is -2.40. The van der Waals surface area contributed by atoms with Crippen LogP contribution in [0.15, 0.2) is 12.2 Å². The van der Waals surface area contributed by atoms with Gasteiger partial charge in [0.05, 0.1) is 25.4 Å². The van der Waals surface area contributed by atoms with E-state index in [0.717, 1.165) is 38.5 Å². The maximum atomic E-state index is 13.2. The van der Waals surface area contributed by atoms with E-state index in [-0.39, 0.29) is 12.8 Å². The van der Waals surface area contributed by atoms with Gasteiger partial charge in [-0.15, -0.1) is 0 Å². The van der Waals surface area contributed by atoms with Gasteiger partial charge < -0.3 is 50.5 Å². The molecule has 0 aromatic carbocycles. The number of ether oxygens (including phenoxy) is 2. The van der Waals surface area contributed by atoms with E-state index >= 15 is 0 Å². The van der Waals surface area contributed by atoms with Crippen molar-refractivity contribution in [2.24, 2.45) is 0 Å². The number of aliphatic hydroxyl groups excluding tert-OH is 7. The number of amides is 1. The number of carbonyl (C=O) groups is 1. The highest BCUT2D eigenvalue weighted by Gasteiger charge is 2.44. The van der Waals surface area contributed by atoms with E-state index in [4.69, 9.17) is 9.47 Å². The lowest BCUT2D eigenvalue weighted by atomic mass is 9.98. The zero-order chi connectivity index (χ0) is 52.5. The minimum absolute atomic E-state index is 0.260. The van der Waals surface area contributed by atoms with Crippen molar-refractivity contribution in [3.05, 3.63) is 12.2 Å². The summed E-state index contributed by atoms with van der Waals surface area (Å²) >= 11 is 0. The molecule has 0 aromatic heterocycles. The van der Waals surface area contributed by atoms with Crippen molar-refractivity contribution in [2.45, 2.75) is 358 Å². The topological polar surface area (TPSA) is 189 Å². The van der Waals surface area contributed by atoms with Crippen molar-refractivity contribution < 1.29 is 50.0 Å². The monoisotopic (exact) mass is 1030 g/mol. The van der Waals surface area contributed by atoms with E-state index in [1.165, 1.54) is 225 Å². The number of carbonyl (C=O) groups excluding carboxylic acids is 1. The smallest absolute Gasteiger partial charge is 0.249 e. The minimum Gasteiger partial charge on any atom is -0.394 e. The van der Waals surface area contributed by atoms with E-state index < -0.39 is 74.2 Å². The summed E-state index contributed by atoms with van der Waals surface area (Å²) in [5, 5.41) is 76.2. The van der Waals surface area contributed by atoms with E-state index in [9.17, 15) is 40.5 Å². The van der Waals surface area contributed by atoms with Crippen LogP contribution in [0.4, 0.5) is 0 Å². The van der Waals surface area contributed by atoms with Crippen LogP contribution in [0, 0.1) is 0 Å². The summed E-state index contributed by atoms with van der Waals surface area (Å²) in [5.41, 5.74) is 0. The average molecular weight is 1030 g/mol. The number of aliphatic hydroxyl groups is 7. The van der Waals surface area contributed by atoms with Gasteiger partial charge in [-0.25, -0.2) is 0 Å². The predicted octanol–water partition coefficient (Wildman–Crippen LogP) is 13.5. The molecule has 0 radical (unpaired) electrons. The maximum Gasteiger partial charge on any atom is 0.249 e. The fraction of sp³-hybridized carbons (Fsp3) is 0.951. The fourth-order valence-electron chi connectivity index (χ4n) is 10.3.